The number of amides is 1. The molecule has 0 unspecified atom stereocenters. The molecule has 23 heavy (non-hydrogen) atoms. The van der Waals surface area contributed by atoms with E-state index in [1.807, 2.05) is 0 Å². The topological polar surface area (TPSA) is 69.6 Å². The summed E-state index contributed by atoms with van der Waals surface area (Å²) in [7, 11) is 1.62. The minimum Gasteiger partial charge on any atom is -0.481 e. The molecule has 1 aromatic carbocycles. The van der Waals surface area contributed by atoms with E-state index in [1.165, 1.54) is 6.07 Å². The quantitative estimate of drug-likeness (QED) is 0.791. The fraction of sp³-hybridized carbons (Fsp3) is 0.429. The van der Waals surface area contributed by atoms with Crippen molar-refractivity contribution >= 4 is 29.2 Å². The fourth-order valence-corrected chi connectivity index (χ4v) is 2.07. The SMILES string of the molecule is CN(CCCC(=O)O)CC(=O)Nc1ccc(Cl)c(C(F)(F)F)c1. The number of nitrogens with zero attached hydrogens (tertiary/aromatic N) is 1. The Labute approximate surface area is 136 Å². The summed E-state index contributed by atoms with van der Waals surface area (Å²) in [6, 6.07) is 3.11. The number of alkyl halides is 3. The number of nitrogens with one attached hydrogen (secondary N) is 1. The fourth-order valence-electron chi connectivity index (χ4n) is 1.85. The van der Waals surface area contributed by atoms with Crippen LogP contribution in [0.1, 0.15) is 18.4 Å². The second-order valence-electron chi connectivity index (χ2n) is 4.98. The van der Waals surface area contributed by atoms with Gasteiger partial charge in [-0.3, -0.25) is 14.5 Å². The summed E-state index contributed by atoms with van der Waals surface area (Å²) in [6.45, 7) is 0.317. The molecule has 0 radical (unpaired) electrons. The second-order valence-corrected chi connectivity index (χ2v) is 5.38. The Bertz CT molecular complexity index is 579. The van der Waals surface area contributed by atoms with Gasteiger partial charge in [0.2, 0.25) is 5.91 Å². The lowest BCUT2D eigenvalue weighted by Gasteiger charge is -2.16. The molecule has 0 aliphatic carbocycles. The van der Waals surface area contributed by atoms with Gasteiger partial charge in [0.1, 0.15) is 0 Å². The van der Waals surface area contributed by atoms with Crippen molar-refractivity contribution in [2.24, 2.45) is 0 Å². The van der Waals surface area contributed by atoms with Crippen LogP contribution < -0.4 is 5.32 Å². The van der Waals surface area contributed by atoms with E-state index < -0.39 is 28.6 Å². The number of hydrogen-bond donors (Lipinski definition) is 2. The number of carboxylic acid groups (broad SMARTS) is 1. The lowest BCUT2D eigenvalue weighted by Crippen LogP contribution is -2.31. The molecule has 0 aliphatic heterocycles. The van der Waals surface area contributed by atoms with Crippen LogP contribution in [0.25, 0.3) is 0 Å². The van der Waals surface area contributed by atoms with Crippen molar-refractivity contribution in [2.45, 2.75) is 19.0 Å². The third kappa shape index (κ3) is 6.87. The highest BCUT2D eigenvalue weighted by molar-refractivity contribution is 6.31. The highest BCUT2D eigenvalue weighted by Crippen LogP contribution is 2.36. The van der Waals surface area contributed by atoms with E-state index in [1.54, 1.807) is 11.9 Å². The Morgan fingerprint density at radius 3 is 2.57 bits per heavy atom. The molecule has 0 bridgehead atoms. The van der Waals surface area contributed by atoms with Crippen molar-refractivity contribution in [3.8, 4) is 0 Å². The summed E-state index contributed by atoms with van der Waals surface area (Å²) in [6.07, 6.45) is -4.25. The van der Waals surface area contributed by atoms with Crippen LogP contribution in [-0.4, -0.2) is 42.0 Å². The zero-order valence-electron chi connectivity index (χ0n) is 12.3. The number of rotatable bonds is 7. The maximum Gasteiger partial charge on any atom is 0.417 e. The van der Waals surface area contributed by atoms with Gasteiger partial charge in [-0.25, -0.2) is 0 Å². The van der Waals surface area contributed by atoms with Crippen molar-refractivity contribution in [1.82, 2.24) is 4.90 Å². The molecule has 9 heteroatoms. The van der Waals surface area contributed by atoms with E-state index >= 15 is 0 Å². The first-order valence-corrected chi connectivity index (χ1v) is 7.04. The van der Waals surface area contributed by atoms with Gasteiger partial charge in [-0.05, 0) is 38.2 Å². The summed E-state index contributed by atoms with van der Waals surface area (Å²) in [5, 5.41) is 10.4. The molecule has 5 nitrogen and oxygen atoms in total. The highest BCUT2D eigenvalue weighted by Gasteiger charge is 2.33. The predicted octanol–water partition coefficient (Wildman–Crippen LogP) is 3.09. The van der Waals surface area contributed by atoms with Crippen LogP contribution in [0.5, 0.6) is 0 Å². The van der Waals surface area contributed by atoms with Crippen LogP contribution in [-0.2, 0) is 15.8 Å². The zero-order valence-corrected chi connectivity index (χ0v) is 13.0. The number of likely N-dealkylation sites (N-methyl/N-ethyl adjacent to an activating group) is 1. The second kappa shape index (κ2) is 8.16. The van der Waals surface area contributed by atoms with E-state index in [0.29, 0.717) is 13.0 Å². The van der Waals surface area contributed by atoms with Crippen LogP contribution in [0.4, 0.5) is 18.9 Å². The molecule has 0 saturated heterocycles. The maximum atomic E-state index is 12.7. The van der Waals surface area contributed by atoms with Crippen molar-refractivity contribution in [3.05, 3.63) is 28.8 Å². The van der Waals surface area contributed by atoms with E-state index in [4.69, 9.17) is 16.7 Å². The number of carboxylic acids is 1. The zero-order chi connectivity index (χ0) is 17.6. The third-order valence-electron chi connectivity index (χ3n) is 2.90. The van der Waals surface area contributed by atoms with Crippen molar-refractivity contribution < 1.29 is 27.9 Å². The summed E-state index contributed by atoms with van der Waals surface area (Å²) in [5.41, 5.74) is -1.03. The third-order valence-corrected chi connectivity index (χ3v) is 3.23. The monoisotopic (exact) mass is 352 g/mol. The van der Waals surface area contributed by atoms with Crippen LogP contribution in [0.15, 0.2) is 18.2 Å². The van der Waals surface area contributed by atoms with Gasteiger partial charge in [0, 0.05) is 12.1 Å². The summed E-state index contributed by atoms with van der Waals surface area (Å²) in [5.74, 6) is -1.43. The minimum absolute atomic E-state index is 0.00865. The molecular formula is C14H16ClF3N2O3. The van der Waals surface area contributed by atoms with Crippen molar-refractivity contribution in [2.75, 3.05) is 25.5 Å². The van der Waals surface area contributed by atoms with Gasteiger partial charge >= 0.3 is 12.1 Å². The standard InChI is InChI=1S/C14H16ClF3N2O3/c1-20(6-2-3-13(22)23)8-12(21)19-9-4-5-11(15)10(7-9)14(16,17)18/h4-5,7H,2-3,6,8H2,1H3,(H,19,21)(H,22,23). The molecule has 0 atom stereocenters. The number of carbonyl (C=O) groups excluding carboxylic acids is 1. The van der Waals surface area contributed by atoms with Gasteiger partial charge in [-0.1, -0.05) is 11.6 Å². The average Bonchev–Trinajstić information content (AvgIpc) is 2.39. The first-order valence-electron chi connectivity index (χ1n) is 6.66. The van der Waals surface area contributed by atoms with Gasteiger partial charge in [-0.15, -0.1) is 0 Å². The molecule has 2 N–H and O–H groups in total. The summed E-state index contributed by atoms with van der Waals surface area (Å²) >= 11 is 5.50. The predicted molar refractivity (Wildman–Crippen MR) is 79.5 cm³/mol. The molecule has 0 heterocycles. The number of anilines is 1. The Kier molecular flexibility index (Phi) is 6.83. The van der Waals surface area contributed by atoms with Gasteiger partial charge < -0.3 is 10.4 Å². The molecule has 1 rings (SSSR count). The van der Waals surface area contributed by atoms with Gasteiger partial charge in [0.05, 0.1) is 17.1 Å². The van der Waals surface area contributed by atoms with E-state index in [2.05, 4.69) is 5.32 Å². The number of carbonyl (C=O) groups is 2. The molecule has 0 saturated carbocycles. The van der Waals surface area contributed by atoms with E-state index in [9.17, 15) is 22.8 Å². The Morgan fingerprint density at radius 1 is 1.35 bits per heavy atom. The first kappa shape index (κ1) is 19.2. The van der Waals surface area contributed by atoms with Crippen LogP contribution in [0, 0.1) is 0 Å². The molecule has 0 aromatic heterocycles. The Morgan fingerprint density at radius 2 is 2.00 bits per heavy atom. The Hall–Kier alpha value is -1.80. The van der Waals surface area contributed by atoms with Gasteiger partial charge in [0.25, 0.3) is 0 Å². The normalized spacial score (nSPS) is 11.6. The minimum atomic E-state index is -4.61. The van der Waals surface area contributed by atoms with Crippen LogP contribution >= 0.6 is 11.6 Å². The number of aliphatic carboxylic acids is 1. The molecule has 0 spiro atoms. The largest absolute Gasteiger partial charge is 0.481 e. The molecule has 1 amide bonds. The van der Waals surface area contributed by atoms with Crippen LogP contribution in [0.3, 0.4) is 0 Å². The maximum absolute atomic E-state index is 12.7. The lowest BCUT2D eigenvalue weighted by atomic mass is 10.2. The summed E-state index contributed by atoms with van der Waals surface area (Å²) in [4.78, 5) is 23.7. The molecule has 1 aromatic rings. The highest BCUT2D eigenvalue weighted by atomic mass is 35.5. The van der Waals surface area contributed by atoms with E-state index in [-0.39, 0.29) is 18.7 Å². The molecule has 0 aliphatic rings. The molecular weight excluding hydrogens is 337 g/mol. The van der Waals surface area contributed by atoms with E-state index in [0.717, 1.165) is 12.1 Å². The van der Waals surface area contributed by atoms with Gasteiger partial charge in [-0.2, -0.15) is 13.2 Å². The average molecular weight is 353 g/mol. The van der Waals surface area contributed by atoms with Crippen molar-refractivity contribution in [3.63, 3.8) is 0 Å². The Balaban J connectivity index is 2.59. The molecule has 128 valence electrons. The number of halogens is 4. The van der Waals surface area contributed by atoms with Crippen LogP contribution in [0.2, 0.25) is 5.02 Å². The van der Waals surface area contributed by atoms with Crippen molar-refractivity contribution in [1.29, 1.82) is 0 Å². The number of benzene rings is 1. The molecule has 0 fully saturated rings. The number of hydrogen-bond acceptors (Lipinski definition) is 3. The first-order chi connectivity index (χ1) is 10.6. The lowest BCUT2D eigenvalue weighted by molar-refractivity contribution is -0.138. The smallest absolute Gasteiger partial charge is 0.417 e. The van der Waals surface area contributed by atoms with Gasteiger partial charge in [0.15, 0.2) is 0 Å². The summed E-state index contributed by atoms with van der Waals surface area (Å²) < 4.78 is 38.2.